The van der Waals surface area contributed by atoms with Crippen LogP contribution >= 0.6 is 11.6 Å². The molecule has 1 N–H and O–H groups in total. The summed E-state index contributed by atoms with van der Waals surface area (Å²) in [7, 11) is 1.52. The van der Waals surface area contributed by atoms with Crippen molar-refractivity contribution < 1.29 is 9.53 Å². The first-order valence-corrected chi connectivity index (χ1v) is 7.82. The van der Waals surface area contributed by atoms with E-state index < -0.39 is 0 Å². The first-order chi connectivity index (χ1) is 10.5. The van der Waals surface area contributed by atoms with E-state index >= 15 is 0 Å². The molecule has 0 spiro atoms. The maximum atomic E-state index is 12.2. The second-order valence-electron chi connectivity index (χ2n) is 5.59. The quantitative estimate of drug-likeness (QED) is 0.867. The summed E-state index contributed by atoms with van der Waals surface area (Å²) in [6, 6.07) is 5.49. The van der Waals surface area contributed by atoms with Crippen LogP contribution in [0.4, 0.5) is 0 Å². The molecule has 1 saturated heterocycles. The summed E-state index contributed by atoms with van der Waals surface area (Å²) in [5.41, 5.74) is 4.01. The van der Waals surface area contributed by atoms with Crippen LogP contribution in [-0.4, -0.2) is 42.8 Å². The van der Waals surface area contributed by atoms with Crippen molar-refractivity contribution in [1.82, 2.24) is 10.3 Å². The third kappa shape index (κ3) is 4.21. The minimum atomic E-state index is -0.307. The Labute approximate surface area is 136 Å². The Morgan fingerprint density at radius 3 is 2.64 bits per heavy atom. The normalized spacial score (nSPS) is 15.8. The van der Waals surface area contributed by atoms with Gasteiger partial charge in [0.2, 0.25) is 0 Å². The third-order valence-electron chi connectivity index (χ3n) is 3.83. The van der Waals surface area contributed by atoms with Gasteiger partial charge >= 0.3 is 0 Å². The first-order valence-electron chi connectivity index (χ1n) is 7.44. The van der Waals surface area contributed by atoms with Crippen LogP contribution in [0.25, 0.3) is 0 Å². The number of carbonyl (C=O) groups excluding carboxylic acids is 1. The van der Waals surface area contributed by atoms with E-state index in [1.165, 1.54) is 7.11 Å². The van der Waals surface area contributed by atoms with Crippen molar-refractivity contribution >= 4 is 23.2 Å². The third-order valence-corrected chi connectivity index (χ3v) is 4.06. The van der Waals surface area contributed by atoms with E-state index in [0.29, 0.717) is 22.4 Å². The number of likely N-dealkylation sites (tertiary alicyclic amines) is 1. The van der Waals surface area contributed by atoms with Crippen molar-refractivity contribution in [1.29, 1.82) is 0 Å². The molecule has 1 fully saturated rings. The number of hydrogen-bond donors (Lipinski definition) is 1. The summed E-state index contributed by atoms with van der Waals surface area (Å²) in [6.07, 6.45) is 1.76. The highest BCUT2D eigenvalue weighted by Crippen LogP contribution is 2.22. The number of rotatable bonds is 4. The standard InChI is InChI=1S/C16H22ClN3O2/c1-11(2)20-8-6-13(7-9-20)18-19-16(21)14-10-12(17)4-5-15(14)22-3/h4-5,10-11H,6-9H2,1-3H3,(H,19,21). The average Bonchev–Trinajstić information content (AvgIpc) is 2.53. The van der Waals surface area contributed by atoms with Gasteiger partial charge in [0.1, 0.15) is 5.75 Å². The zero-order valence-corrected chi connectivity index (χ0v) is 14.0. The van der Waals surface area contributed by atoms with Gasteiger partial charge in [-0.05, 0) is 32.0 Å². The van der Waals surface area contributed by atoms with E-state index in [0.717, 1.165) is 31.6 Å². The van der Waals surface area contributed by atoms with E-state index in [-0.39, 0.29) is 5.91 Å². The lowest BCUT2D eigenvalue weighted by Crippen LogP contribution is -2.39. The zero-order valence-electron chi connectivity index (χ0n) is 13.2. The van der Waals surface area contributed by atoms with Crippen LogP contribution in [0.5, 0.6) is 5.75 Å². The molecule has 1 aromatic rings. The van der Waals surface area contributed by atoms with Crippen LogP contribution in [-0.2, 0) is 0 Å². The van der Waals surface area contributed by atoms with Crippen molar-refractivity contribution in [3.63, 3.8) is 0 Å². The van der Waals surface area contributed by atoms with Gasteiger partial charge in [0.25, 0.3) is 5.91 Å². The molecule has 6 heteroatoms. The Morgan fingerprint density at radius 2 is 2.05 bits per heavy atom. The van der Waals surface area contributed by atoms with Gasteiger partial charge in [-0.3, -0.25) is 4.79 Å². The average molecular weight is 324 g/mol. The van der Waals surface area contributed by atoms with E-state index in [9.17, 15) is 4.79 Å². The molecule has 0 aliphatic carbocycles. The molecular weight excluding hydrogens is 302 g/mol. The molecule has 0 radical (unpaired) electrons. The molecule has 1 aliphatic rings. The van der Waals surface area contributed by atoms with Gasteiger partial charge in [-0.15, -0.1) is 0 Å². The lowest BCUT2D eigenvalue weighted by Gasteiger charge is -2.30. The van der Waals surface area contributed by atoms with Gasteiger partial charge in [-0.2, -0.15) is 5.10 Å². The van der Waals surface area contributed by atoms with Gasteiger partial charge < -0.3 is 9.64 Å². The largest absolute Gasteiger partial charge is 0.496 e. The van der Waals surface area contributed by atoms with E-state index in [1.807, 2.05) is 0 Å². The van der Waals surface area contributed by atoms with Gasteiger partial charge in [0, 0.05) is 42.7 Å². The predicted octanol–water partition coefficient (Wildman–Crippen LogP) is 2.94. The van der Waals surface area contributed by atoms with E-state index in [1.54, 1.807) is 18.2 Å². The second kappa shape index (κ2) is 7.61. The summed E-state index contributed by atoms with van der Waals surface area (Å²) in [5.74, 6) is 0.176. The van der Waals surface area contributed by atoms with Gasteiger partial charge in [0.05, 0.1) is 12.7 Å². The van der Waals surface area contributed by atoms with Gasteiger partial charge in [-0.1, -0.05) is 11.6 Å². The number of hydrazone groups is 1. The number of hydrogen-bond acceptors (Lipinski definition) is 4. The SMILES string of the molecule is COc1ccc(Cl)cc1C(=O)NN=C1CCN(C(C)C)CC1. The van der Waals surface area contributed by atoms with Crippen LogP contribution in [0, 0.1) is 0 Å². The van der Waals surface area contributed by atoms with Crippen molar-refractivity contribution in [2.45, 2.75) is 32.7 Å². The molecule has 1 amide bonds. The highest BCUT2D eigenvalue weighted by molar-refractivity contribution is 6.31. The summed E-state index contributed by atoms with van der Waals surface area (Å²) in [6.45, 7) is 6.34. The number of amides is 1. The highest BCUT2D eigenvalue weighted by atomic mass is 35.5. The number of nitrogens with one attached hydrogen (secondary N) is 1. The van der Waals surface area contributed by atoms with Crippen molar-refractivity contribution in [3.8, 4) is 5.75 Å². The van der Waals surface area contributed by atoms with Crippen LogP contribution in [0.15, 0.2) is 23.3 Å². The van der Waals surface area contributed by atoms with Crippen LogP contribution in [0.3, 0.4) is 0 Å². The number of halogens is 1. The molecule has 1 aromatic carbocycles. The predicted molar refractivity (Wildman–Crippen MR) is 88.8 cm³/mol. The molecular formula is C16H22ClN3O2. The maximum Gasteiger partial charge on any atom is 0.275 e. The van der Waals surface area contributed by atoms with E-state index in [2.05, 4.69) is 29.3 Å². The minimum absolute atomic E-state index is 0.307. The monoisotopic (exact) mass is 323 g/mol. The van der Waals surface area contributed by atoms with Crippen molar-refractivity contribution in [3.05, 3.63) is 28.8 Å². The molecule has 5 nitrogen and oxygen atoms in total. The summed E-state index contributed by atoms with van der Waals surface area (Å²) in [4.78, 5) is 14.6. The summed E-state index contributed by atoms with van der Waals surface area (Å²) >= 11 is 5.94. The van der Waals surface area contributed by atoms with Gasteiger partial charge in [0.15, 0.2) is 0 Å². The molecule has 0 unspecified atom stereocenters. The Bertz CT molecular complexity index is 563. The Balaban J connectivity index is 1.99. The van der Waals surface area contributed by atoms with Gasteiger partial charge in [-0.25, -0.2) is 5.43 Å². The van der Waals surface area contributed by atoms with E-state index in [4.69, 9.17) is 16.3 Å². The molecule has 0 aromatic heterocycles. The molecule has 0 saturated carbocycles. The smallest absolute Gasteiger partial charge is 0.275 e. The lowest BCUT2D eigenvalue weighted by atomic mass is 10.1. The summed E-state index contributed by atoms with van der Waals surface area (Å²) < 4.78 is 5.18. The van der Waals surface area contributed by atoms with Crippen molar-refractivity contribution in [2.75, 3.05) is 20.2 Å². The number of benzene rings is 1. The zero-order chi connectivity index (χ0) is 16.1. The van der Waals surface area contributed by atoms with Crippen LogP contribution < -0.4 is 10.2 Å². The second-order valence-corrected chi connectivity index (χ2v) is 6.03. The maximum absolute atomic E-state index is 12.2. The molecule has 120 valence electrons. The lowest BCUT2D eigenvalue weighted by molar-refractivity contribution is 0.0951. The molecule has 2 rings (SSSR count). The summed E-state index contributed by atoms with van der Waals surface area (Å²) in [5, 5.41) is 4.74. The van der Waals surface area contributed by atoms with Crippen LogP contribution in [0.2, 0.25) is 5.02 Å². The number of ether oxygens (including phenoxy) is 1. The fraction of sp³-hybridized carbons (Fsp3) is 0.500. The first kappa shape index (κ1) is 16.8. The Kier molecular flexibility index (Phi) is 5.80. The highest BCUT2D eigenvalue weighted by Gasteiger charge is 2.18. The van der Waals surface area contributed by atoms with Crippen LogP contribution in [0.1, 0.15) is 37.0 Å². The number of carbonyl (C=O) groups is 1. The molecule has 22 heavy (non-hydrogen) atoms. The topological polar surface area (TPSA) is 53.9 Å². The molecule has 0 atom stereocenters. The molecule has 1 aliphatic heterocycles. The molecule has 1 heterocycles. The minimum Gasteiger partial charge on any atom is -0.496 e. The fourth-order valence-corrected chi connectivity index (χ4v) is 2.63. The number of piperidine rings is 1. The Morgan fingerprint density at radius 1 is 1.36 bits per heavy atom. The number of methoxy groups -OCH3 is 1. The molecule has 0 bridgehead atoms. The Hall–Kier alpha value is -1.59. The number of nitrogens with zero attached hydrogens (tertiary/aromatic N) is 2. The van der Waals surface area contributed by atoms with Crippen molar-refractivity contribution in [2.24, 2.45) is 5.10 Å². The fourth-order valence-electron chi connectivity index (χ4n) is 2.46.